The summed E-state index contributed by atoms with van der Waals surface area (Å²) in [6.07, 6.45) is 0. The molecule has 0 aliphatic rings. The lowest BCUT2D eigenvalue weighted by Crippen LogP contribution is -1.87. The molecule has 8 aromatic heterocycles. The molecule has 0 N–H and O–H groups in total. The van der Waals surface area contributed by atoms with Crippen molar-refractivity contribution < 1.29 is 17.7 Å². The van der Waals surface area contributed by atoms with Gasteiger partial charge in [-0.25, -0.2) is 0 Å². The Morgan fingerprint density at radius 3 is 0.828 bits per heavy atom. The van der Waals surface area contributed by atoms with Crippen LogP contribution in [0.1, 0.15) is 0 Å². The molecule has 0 unspecified atom stereocenters. The molecule has 0 atom stereocenters. The third-order valence-electron chi connectivity index (χ3n) is 24.3. The number of hydrogen-bond donors (Lipinski definition) is 0. The van der Waals surface area contributed by atoms with Gasteiger partial charge in [0.2, 0.25) is 0 Å². The molecule has 0 saturated heterocycles. The normalized spacial score (nSPS) is 12.3. The van der Waals surface area contributed by atoms with Gasteiger partial charge in [-0.3, -0.25) is 0 Å². The minimum Gasteiger partial charge on any atom is -0.456 e. The van der Waals surface area contributed by atoms with E-state index in [2.05, 4.69) is 352 Å². The first-order valence-electron chi connectivity index (χ1n) is 39.2. The maximum Gasteiger partial charge on any atom is 0.143 e. The zero-order valence-electron chi connectivity index (χ0n) is 61.8. The summed E-state index contributed by atoms with van der Waals surface area (Å²) in [5.74, 6) is 0. The van der Waals surface area contributed by atoms with Gasteiger partial charge in [-0.2, -0.15) is 0 Å². The minimum atomic E-state index is 0.844. The van der Waals surface area contributed by atoms with E-state index in [-0.39, 0.29) is 0 Å². The van der Waals surface area contributed by atoms with Crippen molar-refractivity contribution >= 4 is 214 Å². The van der Waals surface area contributed by atoms with Crippen molar-refractivity contribution in [2.24, 2.45) is 0 Å². The largest absolute Gasteiger partial charge is 0.456 e. The van der Waals surface area contributed by atoms with Gasteiger partial charge >= 0.3 is 0 Å². The Balaban J connectivity index is 0.623. The molecule has 0 aliphatic carbocycles. The molecule has 26 rings (SSSR count). The van der Waals surface area contributed by atoms with Crippen LogP contribution < -0.4 is 0 Å². The van der Waals surface area contributed by atoms with Crippen molar-refractivity contribution in [1.82, 2.24) is 0 Å². The summed E-state index contributed by atoms with van der Waals surface area (Å²) in [5.41, 5.74) is 27.7. The fraction of sp³-hybridized carbons (Fsp3) is 0. The zero-order chi connectivity index (χ0) is 75.5. The van der Waals surface area contributed by atoms with E-state index in [0.29, 0.717) is 0 Å². The lowest BCUT2D eigenvalue weighted by atomic mass is 9.91. The summed E-state index contributed by atoms with van der Waals surface area (Å²) in [4.78, 5) is 0. The van der Waals surface area contributed by atoms with Gasteiger partial charge in [-0.15, -0.1) is 45.3 Å². The summed E-state index contributed by atoms with van der Waals surface area (Å²) in [6, 6.07) is 130. The average Bonchev–Trinajstić information content (AvgIpc) is 1.57. The lowest BCUT2D eigenvalue weighted by molar-refractivity contribution is 0.668. The van der Waals surface area contributed by atoms with Crippen LogP contribution in [-0.2, 0) is 0 Å². The molecule has 0 spiro atoms. The molecule has 0 saturated carbocycles. The lowest BCUT2D eigenvalue weighted by Gasteiger charge is -2.12. The van der Waals surface area contributed by atoms with Crippen molar-refractivity contribution in [2.45, 2.75) is 0 Å². The van der Waals surface area contributed by atoms with E-state index in [0.717, 1.165) is 143 Å². The smallest absolute Gasteiger partial charge is 0.143 e. The van der Waals surface area contributed by atoms with Crippen molar-refractivity contribution in [3.8, 4) is 100 Å². The Kier molecular flexibility index (Phi) is 13.8. The van der Waals surface area contributed by atoms with E-state index >= 15 is 0 Å². The maximum absolute atomic E-state index is 7.41. The molecule has 4 nitrogen and oxygen atoms in total. The monoisotopic (exact) mass is 1550 g/mol. The van der Waals surface area contributed by atoms with Crippen LogP contribution in [-0.4, -0.2) is 0 Å². The standard InChI is InChI=1S/C108H58O4S4/c1-5-13-59(14-6-1)63-21-33-93-77(43-63)80-46-66(24-36-96(80)109-93)69-30-42-102-84(50-69)75-31-32-76-91-55-74(72-27-38-98-82(49-72)79-45-65(23-35-95(79)111-98)61-17-9-3-10-18-61)56-92(106(91)116-108(76)107(75)115-102)90-54-73(62-19-11-4-12-20-62)53-89-83-48-68(26-39-99(83)112-105(89)90)71-29-41-101-86(52-71)88-57-87-85-51-70(28-40-100(85)113-103(87)58-104(88)114-101)67-25-37-97-81(47-67)78-44-64(22-34-94(78)110-97)60-15-7-2-8-16-60/h1-58H. The molecule has 26 aromatic rings. The van der Waals surface area contributed by atoms with E-state index in [4.69, 9.17) is 17.7 Å². The molecular weight excluding hydrogens is 1490 g/mol. The Bertz CT molecular complexity index is 8700. The molecule has 8 heterocycles. The molecule has 0 aliphatic heterocycles. The summed E-state index contributed by atoms with van der Waals surface area (Å²) in [7, 11) is 0. The first-order chi connectivity index (χ1) is 57.3. The molecule has 8 heteroatoms. The van der Waals surface area contributed by atoms with Crippen LogP contribution in [0.2, 0.25) is 0 Å². The second-order valence-electron chi connectivity index (χ2n) is 30.9. The highest BCUT2D eigenvalue weighted by atomic mass is 32.1. The van der Waals surface area contributed by atoms with Crippen LogP contribution >= 0.6 is 45.3 Å². The van der Waals surface area contributed by atoms with Gasteiger partial charge in [-0.05, 0) is 247 Å². The fourth-order valence-corrected chi connectivity index (χ4v) is 23.4. The number of rotatable bonds is 9. The molecule has 116 heavy (non-hydrogen) atoms. The van der Waals surface area contributed by atoms with Crippen LogP contribution in [0.3, 0.4) is 0 Å². The number of hydrogen-bond acceptors (Lipinski definition) is 8. The van der Waals surface area contributed by atoms with Crippen LogP contribution in [0.5, 0.6) is 0 Å². The molecule has 18 aromatic carbocycles. The fourth-order valence-electron chi connectivity index (χ4n) is 18.5. The van der Waals surface area contributed by atoms with Gasteiger partial charge in [0.25, 0.3) is 0 Å². The number of furan rings is 4. The molecule has 0 amide bonds. The number of thiophene rings is 4. The third-order valence-corrected chi connectivity index (χ3v) is 29.1. The second kappa shape index (κ2) is 24.8. The average molecular weight is 1550 g/mol. The van der Waals surface area contributed by atoms with Gasteiger partial charge in [0.05, 0.1) is 9.40 Å². The van der Waals surface area contributed by atoms with E-state index in [1.165, 1.54) is 125 Å². The van der Waals surface area contributed by atoms with Crippen molar-refractivity contribution in [3.63, 3.8) is 0 Å². The maximum atomic E-state index is 7.41. The van der Waals surface area contributed by atoms with E-state index < -0.39 is 0 Å². The van der Waals surface area contributed by atoms with E-state index in [1.54, 1.807) is 0 Å². The van der Waals surface area contributed by atoms with Gasteiger partial charge < -0.3 is 17.7 Å². The summed E-state index contributed by atoms with van der Waals surface area (Å²) in [5, 5.41) is 18.8. The summed E-state index contributed by atoms with van der Waals surface area (Å²) in [6.45, 7) is 0. The van der Waals surface area contributed by atoms with Crippen LogP contribution in [0.15, 0.2) is 370 Å². The third kappa shape index (κ3) is 10.0. The Labute approximate surface area is 678 Å². The van der Waals surface area contributed by atoms with E-state index in [9.17, 15) is 0 Å². The second-order valence-corrected chi connectivity index (χ2v) is 35.1. The zero-order valence-corrected chi connectivity index (χ0v) is 65.0. The Morgan fingerprint density at radius 1 is 0.138 bits per heavy atom. The summed E-state index contributed by atoms with van der Waals surface area (Å²) < 4.78 is 37.1. The predicted molar refractivity (Wildman–Crippen MR) is 496 cm³/mol. The van der Waals surface area contributed by atoms with Gasteiger partial charge in [-0.1, -0.05) is 194 Å². The molecule has 0 bridgehead atoms. The highest BCUT2D eigenvalue weighted by molar-refractivity contribution is 7.34. The van der Waals surface area contributed by atoms with Crippen LogP contribution in [0.4, 0.5) is 0 Å². The van der Waals surface area contributed by atoms with Gasteiger partial charge in [0.1, 0.15) is 44.7 Å². The quantitative estimate of drug-likeness (QED) is 0.145. The SMILES string of the molecule is c1ccc(-c2ccc3oc4ccc(-c5ccc6sc7cc8sc9ccc(-c%10ccc%11oc%12c(-c%13cc(-c%14ccc%15oc%16ccc(-c%17ccccc%17)cc%16c%15c%14)cc%14c%13sc%13c%14ccc%14c%15cc(-c%16ccc%17oc%18ccc(-c%19ccccc%19)cc%18c%17c%16)ccc%15sc%14%13)cc(-c%13ccccc%13)cc%12c%11c%10)cc9c8cc7c6c5)cc4c3c2)cc1. The molecule has 538 valence electrons. The molecule has 0 radical (unpaired) electrons. The van der Waals surface area contributed by atoms with Gasteiger partial charge in [0.15, 0.2) is 0 Å². The minimum absolute atomic E-state index is 0.844. The van der Waals surface area contributed by atoms with Crippen LogP contribution in [0, 0.1) is 0 Å². The first kappa shape index (κ1) is 64.5. The molecule has 0 fully saturated rings. The Hall–Kier alpha value is -14.0. The Morgan fingerprint density at radius 2 is 0.414 bits per heavy atom. The van der Waals surface area contributed by atoms with Crippen LogP contribution in [0.25, 0.3) is 269 Å². The van der Waals surface area contributed by atoms with Crippen molar-refractivity contribution in [2.75, 3.05) is 0 Å². The highest BCUT2D eigenvalue weighted by Crippen LogP contribution is 2.53. The predicted octanol–water partition coefficient (Wildman–Crippen LogP) is 33.8. The van der Waals surface area contributed by atoms with Crippen molar-refractivity contribution in [3.05, 3.63) is 352 Å². The number of fused-ring (bicyclic) bond motifs is 25. The van der Waals surface area contributed by atoms with Gasteiger partial charge in [0, 0.05) is 126 Å². The topological polar surface area (TPSA) is 52.6 Å². The highest BCUT2D eigenvalue weighted by Gasteiger charge is 2.25. The van der Waals surface area contributed by atoms with Crippen molar-refractivity contribution in [1.29, 1.82) is 0 Å². The number of benzene rings is 18. The first-order valence-corrected chi connectivity index (χ1v) is 42.4. The molecular formula is C108H58O4S4. The van der Waals surface area contributed by atoms with E-state index in [1.807, 2.05) is 45.3 Å². The summed E-state index contributed by atoms with van der Waals surface area (Å²) >= 11 is 7.55.